The first kappa shape index (κ1) is 14.7. The molecule has 0 saturated heterocycles. The standard InChI is InChI=1S/C14H19N3O2S/c1-20(18,19)9-5-8-17-11-16-10-13(17)14(15)12-6-3-2-4-7-12/h2-4,6-7,10-11,14H,5,8-9,15H2,1H3. The number of sulfone groups is 1. The maximum Gasteiger partial charge on any atom is 0.147 e. The average molecular weight is 293 g/mol. The molecule has 108 valence electrons. The maximum atomic E-state index is 11.2. The number of rotatable bonds is 6. The molecule has 0 bridgehead atoms. The summed E-state index contributed by atoms with van der Waals surface area (Å²) in [5.74, 6) is 0.172. The van der Waals surface area contributed by atoms with Crippen LogP contribution in [-0.4, -0.2) is 30.0 Å². The van der Waals surface area contributed by atoms with Gasteiger partial charge < -0.3 is 10.3 Å². The Morgan fingerprint density at radius 2 is 2.00 bits per heavy atom. The molecular formula is C14H19N3O2S. The number of nitrogens with two attached hydrogens (primary N) is 1. The lowest BCUT2D eigenvalue weighted by atomic mass is 10.1. The second-order valence-electron chi connectivity index (χ2n) is 4.88. The largest absolute Gasteiger partial charge is 0.333 e. The van der Waals surface area contributed by atoms with Crippen molar-refractivity contribution in [1.29, 1.82) is 0 Å². The van der Waals surface area contributed by atoms with Crippen LogP contribution in [0.5, 0.6) is 0 Å². The van der Waals surface area contributed by atoms with Crippen LogP contribution in [-0.2, 0) is 16.4 Å². The normalized spacial score (nSPS) is 13.3. The van der Waals surface area contributed by atoms with Crippen LogP contribution < -0.4 is 5.73 Å². The molecule has 2 N–H and O–H groups in total. The Hall–Kier alpha value is -1.66. The van der Waals surface area contributed by atoms with Gasteiger partial charge >= 0.3 is 0 Å². The fourth-order valence-electron chi connectivity index (χ4n) is 2.11. The van der Waals surface area contributed by atoms with Gasteiger partial charge in [-0.15, -0.1) is 0 Å². The van der Waals surface area contributed by atoms with Gasteiger partial charge in [0.05, 0.1) is 30.0 Å². The summed E-state index contributed by atoms with van der Waals surface area (Å²) >= 11 is 0. The van der Waals surface area contributed by atoms with Gasteiger partial charge in [0.1, 0.15) is 9.84 Å². The third-order valence-corrected chi connectivity index (χ3v) is 4.17. The first-order valence-corrected chi connectivity index (χ1v) is 8.52. The molecule has 0 aliphatic carbocycles. The molecule has 1 aromatic heterocycles. The van der Waals surface area contributed by atoms with E-state index in [1.807, 2.05) is 34.9 Å². The Labute approximate surface area is 119 Å². The summed E-state index contributed by atoms with van der Waals surface area (Å²) in [6.07, 6.45) is 5.24. The van der Waals surface area contributed by atoms with Crippen molar-refractivity contribution in [2.24, 2.45) is 5.73 Å². The van der Waals surface area contributed by atoms with Crippen molar-refractivity contribution >= 4 is 9.84 Å². The van der Waals surface area contributed by atoms with E-state index in [4.69, 9.17) is 5.73 Å². The molecular weight excluding hydrogens is 274 g/mol. The maximum absolute atomic E-state index is 11.2. The minimum absolute atomic E-state index is 0.172. The highest BCUT2D eigenvalue weighted by Crippen LogP contribution is 2.19. The zero-order valence-corrected chi connectivity index (χ0v) is 12.3. The van der Waals surface area contributed by atoms with Gasteiger partial charge in [-0.2, -0.15) is 0 Å². The molecule has 0 aliphatic heterocycles. The van der Waals surface area contributed by atoms with Crippen molar-refractivity contribution in [3.63, 3.8) is 0 Å². The summed E-state index contributed by atoms with van der Waals surface area (Å²) in [4.78, 5) is 4.12. The number of benzene rings is 1. The number of imidazole rings is 1. The minimum Gasteiger partial charge on any atom is -0.333 e. The van der Waals surface area contributed by atoms with Crippen LogP contribution in [0, 0.1) is 0 Å². The fourth-order valence-corrected chi connectivity index (χ4v) is 2.76. The lowest BCUT2D eigenvalue weighted by Crippen LogP contribution is -2.17. The molecule has 5 nitrogen and oxygen atoms in total. The van der Waals surface area contributed by atoms with Crippen molar-refractivity contribution in [3.8, 4) is 0 Å². The van der Waals surface area contributed by atoms with E-state index in [9.17, 15) is 8.42 Å². The van der Waals surface area contributed by atoms with Gasteiger partial charge in [0.2, 0.25) is 0 Å². The number of nitrogens with zero attached hydrogens (tertiary/aromatic N) is 2. The average Bonchev–Trinajstić information content (AvgIpc) is 2.86. The molecule has 1 heterocycles. The van der Waals surface area contributed by atoms with Gasteiger partial charge in [-0.3, -0.25) is 0 Å². The Balaban J connectivity index is 2.09. The summed E-state index contributed by atoms with van der Waals surface area (Å²) < 4.78 is 24.2. The number of hydrogen-bond acceptors (Lipinski definition) is 4. The van der Waals surface area contributed by atoms with E-state index in [1.54, 1.807) is 12.5 Å². The van der Waals surface area contributed by atoms with Crippen molar-refractivity contribution in [1.82, 2.24) is 9.55 Å². The first-order valence-electron chi connectivity index (χ1n) is 6.45. The topological polar surface area (TPSA) is 78.0 Å². The number of aromatic nitrogens is 2. The van der Waals surface area contributed by atoms with Crippen LogP contribution in [0.25, 0.3) is 0 Å². The van der Waals surface area contributed by atoms with E-state index >= 15 is 0 Å². The smallest absolute Gasteiger partial charge is 0.147 e. The van der Waals surface area contributed by atoms with Crippen LogP contribution in [0.2, 0.25) is 0 Å². The highest BCUT2D eigenvalue weighted by atomic mass is 32.2. The summed E-state index contributed by atoms with van der Waals surface area (Å²) in [6.45, 7) is 0.600. The molecule has 0 amide bonds. The van der Waals surface area contributed by atoms with Gasteiger partial charge in [-0.05, 0) is 12.0 Å². The van der Waals surface area contributed by atoms with E-state index in [1.165, 1.54) is 6.26 Å². The molecule has 1 unspecified atom stereocenters. The molecule has 0 saturated carbocycles. The predicted octanol–water partition coefficient (Wildman–Crippen LogP) is 1.37. The van der Waals surface area contributed by atoms with Crippen molar-refractivity contribution in [2.45, 2.75) is 19.0 Å². The van der Waals surface area contributed by atoms with E-state index in [-0.39, 0.29) is 11.8 Å². The molecule has 0 spiro atoms. The van der Waals surface area contributed by atoms with Crippen molar-refractivity contribution in [3.05, 3.63) is 54.1 Å². The van der Waals surface area contributed by atoms with Gasteiger partial charge in [0, 0.05) is 12.8 Å². The van der Waals surface area contributed by atoms with Crippen LogP contribution in [0.15, 0.2) is 42.9 Å². The van der Waals surface area contributed by atoms with Crippen LogP contribution in [0.1, 0.15) is 23.7 Å². The Morgan fingerprint density at radius 1 is 1.30 bits per heavy atom. The van der Waals surface area contributed by atoms with Crippen LogP contribution >= 0.6 is 0 Å². The molecule has 0 radical (unpaired) electrons. The SMILES string of the molecule is CS(=O)(=O)CCCn1cncc1C(N)c1ccccc1. The summed E-state index contributed by atoms with van der Waals surface area (Å²) in [5, 5.41) is 0. The quantitative estimate of drug-likeness (QED) is 0.872. The minimum atomic E-state index is -2.93. The molecule has 1 aromatic carbocycles. The second-order valence-corrected chi connectivity index (χ2v) is 7.14. The number of aryl methyl sites for hydroxylation is 1. The highest BCUT2D eigenvalue weighted by Gasteiger charge is 2.13. The Kier molecular flexibility index (Phi) is 4.57. The summed E-state index contributed by atoms with van der Waals surface area (Å²) in [5.41, 5.74) is 8.14. The molecule has 2 rings (SSSR count). The third-order valence-electron chi connectivity index (χ3n) is 3.14. The summed E-state index contributed by atoms with van der Waals surface area (Å²) in [7, 11) is -2.93. The zero-order chi connectivity index (χ0) is 14.6. The lowest BCUT2D eigenvalue weighted by Gasteiger charge is -2.15. The van der Waals surface area contributed by atoms with E-state index in [0.717, 1.165) is 11.3 Å². The monoisotopic (exact) mass is 293 g/mol. The Bertz CT molecular complexity index is 650. The number of hydrogen-bond donors (Lipinski definition) is 1. The third kappa shape index (κ3) is 3.91. The van der Waals surface area contributed by atoms with Gasteiger partial charge in [0.25, 0.3) is 0 Å². The van der Waals surface area contributed by atoms with Gasteiger partial charge in [-0.1, -0.05) is 30.3 Å². The van der Waals surface area contributed by atoms with Crippen molar-refractivity contribution < 1.29 is 8.42 Å². The second kappa shape index (κ2) is 6.19. The summed E-state index contributed by atoms with van der Waals surface area (Å²) in [6, 6.07) is 9.52. The van der Waals surface area contributed by atoms with Crippen LogP contribution in [0.4, 0.5) is 0 Å². The molecule has 6 heteroatoms. The van der Waals surface area contributed by atoms with Crippen LogP contribution in [0.3, 0.4) is 0 Å². The Morgan fingerprint density at radius 3 is 2.65 bits per heavy atom. The first-order chi connectivity index (χ1) is 9.47. The molecule has 2 aromatic rings. The molecule has 1 atom stereocenters. The van der Waals surface area contributed by atoms with Crippen molar-refractivity contribution in [2.75, 3.05) is 12.0 Å². The van der Waals surface area contributed by atoms with E-state index < -0.39 is 9.84 Å². The van der Waals surface area contributed by atoms with Gasteiger partial charge in [0.15, 0.2) is 0 Å². The highest BCUT2D eigenvalue weighted by molar-refractivity contribution is 7.90. The molecule has 20 heavy (non-hydrogen) atoms. The van der Waals surface area contributed by atoms with E-state index in [2.05, 4.69) is 4.98 Å². The molecule has 0 fully saturated rings. The van der Waals surface area contributed by atoms with E-state index in [0.29, 0.717) is 13.0 Å². The zero-order valence-electron chi connectivity index (χ0n) is 11.4. The molecule has 0 aliphatic rings. The fraction of sp³-hybridized carbons (Fsp3) is 0.357. The van der Waals surface area contributed by atoms with Gasteiger partial charge in [-0.25, -0.2) is 13.4 Å². The predicted molar refractivity (Wildman–Crippen MR) is 79.0 cm³/mol. The lowest BCUT2D eigenvalue weighted by molar-refractivity contribution is 0.585.